The van der Waals surface area contributed by atoms with E-state index in [1.54, 1.807) is 17.9 Å². The fourth-order valence-electron chi connectivity index (χ4n) is 1.56. The van der Waals surface area contributed by atoms with Gasteiger partial charge in [-0.3, -0.25) is 0 Å². The fraction of sp³-hybridized carbons (Fsp3) is 0.273. The number of anilines is 1. The second kappa shape index (κ2) is 4.63. The van der Waals surface area contributed by atoms with Crippen molar-refractivity contribution in [3.05, 3.63) is 34.5 Å². The van der Waals surface area contributed by atoms with E-state index in [1.807, 2.05) is 19.1 Å². The van der Waals surface area contributed by atoms with Crippen molar-refractivity contribution in [3.63, 3.8) is 0 Å². The molecule has 0 bridgehead atoms. The first-order valence-electron chi connectivity index (χ1n) is 5.10. The molecule has 2 rings (SSSR count). The van der Waals surface area contributed by atoms with E-state index in [0.29, 0.717) is 17.4 Å². The van der Waals surface area contributed by atoms with Gasteiger partial charge in [0.1, 0.15) is 5.75 Å². The van der Waals surface area contributed by atoms with E-state index < -0.39 is 0 Å². The summed E-state index contributed by atoms with van der Waals surface area (Å²) in [5.74, 6) is 1.20. The molecule has 0 saturated carbocycles. The SMILES string of the molecule is COc1ccc(Cl)cc1Cn1nnc(N)c1C. The summed E-state index contributed by atoms with van der Waals surface area (Å²) >= 11 is 5.96. The molecule has 1 heterocycles. The minimum Gasteiger partial charge on any atom is -0.496 e. The molecule has 0 fully saturated rings. The van der Waals surface area contributed by atoms with Crippen molar-refractivity contribution < 1.29 is 4.74 Å². The van der Waals surface area contributed by atoms with Gasteiger partial charge >= 0.3 is 0 Å². The van der Waals surface area contributed by atoms with Gasteiger partial charge in [-0.1, -0.05) is 16.8 Å². The zero-order valence-corrected chi connectivity index (χ0v) is 10.4. The van der Waals surface area contributed by atoms with E-state index in [-0.39, 0.29) is 0 Å². The maximum atomic E-state index is 5.96. The molecule has 90 valence electrons. The number of aromatic nitrogens is 3. The summed E-state index contributed by atoms with van der Waals surface area (Å²) < 4.78 is 6.98. The van der Waals surface area contributed by atoms with Gasteiger partial charge in [0, 0.05) is 10.6 Å². The Balaban J connectivity index is 2.35. The molecule has 17 heavy (non-hydrogen) atoms. The normalized spacial score (nSPS) is 10.5. The predicted molar refractivity (Wildman–Crippen MR) is 66.3 cm³/mol. The zero-order chi connectivity index (χ0) is 12.4. The summed E-state index contributed by atoms with van der Waals surface area (Å²) in [4.78, 5) is 0. The van der Waals surface area contributed by atoms with Gasteiger partial charge in [-0.2, -0.15) is 0 Å². The molecule has 0 radical (unpaired) electrons. The molecule has 0 amide bonds. The number of methoxy groups -OCH3 is 1. The van der Waals surface area contributed by atoms with Crippen LogP contribution in [0.2, 0.25) is 5.02 Å². The van der Waals surface area contributed by atoms with Gasteiger partial charge in [0.25, 0.3) is 0 Å². The van der Waals surface area contributed by atoms with Crippen LogP contribution in [-0.4, -0.2) is 22.1 Å². The lowest BCUT2D eigenvalue weighted by Gasteiger charge is -2.09. The second-order valence-electron chi connectivity index (χ2n) is 3.67. The highest BCUT2D eigenvalue weighted by atomic mass is 35.5. The maximum absolute atomic E-state index is 5.96. The van der Waals surface area contributed by atoms with Crippen molar-refractivity contribution in [1.82, 2.24) is 15.0 Å². The summed E-state index contributed by atoms with van der Waals surface area (Å²) in [6.45, 7) is 2.39. The molecule has 2 N–H and O–H groups in total. The van der Waals surface area contributed by atoms with Gasteiger partial charge in [-0.25, -0.2) is 4.68 Å². The quantitative estimate of drug-likeness (QED) is 0.906. The summed E-state index contributed by atoms with van der Waals surface area (Å²) in [6, 6.07) is 5.46. The second-order valence-corrected chi connectivity index (χ2v) is 4.11. The highest BCUT2D eigenvalue weighted by Gasteiger charge is 2.09. The topological polar surface area (TPSA) is 66.0 Å². The smallest absolute Gasteiger partial charge is 0.168 e. The van der Waals surface area contributed by atoms with Crippen molar-refractivity contribution >= 4 is 17.4 Å². The molecule has 1 aromatic heterocycles. The Morgan fingerprint density at radius 3 is 2.82 bits per heavy atom. The van der Waals surface area contributed by atoms with Gasteiger partial charge in [-0.15, -0.1) is 5.10 Å². The summed E-state index contributed by atoms with van der Waals surface area (Å²) in [6.07, 6.45) is 0. The van der Waals surface area contributed by atoms with Crippen molar-refractivity contribution in [2.75, 3.05) is 12.8 Å². The Labute approximate surface area is 104 Å². The van der Waals surface area contributed by atoms with Gasteiger partial charge in [-0.05, 0) is 25.1 Å². The lowest BCUT2D eigenvalue weighted by atomic mass is 10.2. The molecule has 0 aliphatic carbocycles. The maximum Gasteiger partial charge on any atom is 0.168 e. The summed E-state index contributed by atoms with van der Waals surface area (Å²) in [5.41, 5.74) is 7.41. The van der Waals surface area contributed by atoms with E-state index >= 15 is 0 Å². The molecule has 6 heteroatoms. The van der Waals surface area contributed by atoms with Crippen LogP contribution >= 0.6 is 11.6 Å². The Bertz CT molecular complexity index is 538. The number of rotatable bonds is 3. The molecule has 0 aliphatic rings. The Morgan fingerprint density at radius 1 is 1.47 bits per heavy atom. The highest BCUT2D eigenvalue weighted by molar-refractivity contribution is 6.30. The molecular formula is C11H13ClN4O. The van der Waals surface area contributed by atoms with Crippen molar-refractivity contribution in [1.29, 1.82) is 0 Å². The van der Waals surface area contributed by atoms with Crippen molar-refractivity contribution in [2.45, 2.75) is 13.5 Å². The van der Waals surface area contributed by atoms with Crippen LogP contribution in [0.5, 0.6) is 5.75 Å². The van der Waals surface area contributed by atoms with Gasteiger partial charge in [0.15, 0.2) is 5.82 Å². The van der Waals surface area contributed by atoms with Crippen LogP contribution in [0.25, 0.3) is 0 Å². The molecule has 5 nitrogen and oxygen atoms in total. The molecular weight excluding hydrogens is 240 g/mol. The van der Waals surface area contributed by atoms with E-state index in [2.05, 4.69) is 10.3 Å². The number of benzene rings is 1. The van der Waals surface area contributed by atoms with Crippen LogP contribution in [0.4, 0.5) is 5.82 Å². The zero-order valence-electron chi connectivity index (χ0n) is 9.64. The fourth-order valence-corrected chi connectivity index (χ4v) is 1.75. The van der Waals surface area contributed by atoms with Gasteiger partial charge in [0.2, 0.25) is 0 Å². The number of ether oxygens (including phenoxy) is 1. The molecule has 0 unspecified atom stereocenters. The molecule has 0 spiro atoms. The average molecular weight is 253 g/mol. The van der Waals surface area contributed by atoms with Crippen LogP contribution in [0.15, 0.2) is 18.2 Å². The van der Waals surface area contributed by atoms with Crippen LogP contribution in [0.3, 0.4) is 0 Å². The number of nitrogen functional groups attached to an aromatic ring is 1. The third-order valence-corrected chi connectivity index (χ3v) is 2.82. The third-order valence-electron chi connectivity index (χ3n) is 2.58. The van der Waals surface area contributed by atoms with Crippen molar-refractivity contribution in [3.8, 4) is 5.75 Å². The molecule has 2 aromatic rings. The Kier molecular flexibility index (Phi) is 3.19. The van der Waals surface area contributed by atoms with E-state index in [1.165, 1.54) is 0 Å². The molecule has 0 atom stereocenters. The van der Waals surface area contributed by atoms with Crippen LogP contribution in [0.1, 0.15) is 11.3 Å². The number of hydrogen-bond acceptors (Lipinski definition) is 4. The number of hydrogen-bond donors (Lipinski definition) is 1. The molecule has 0 aliphatic heterocycles. The van der Waals surface area contributed by atoms with Gasteiger partial charge < -0.3 is 10.5 Å². The predicted octanol–water partition coefficient (Wildman–Crippen LogP) is 1.88. The number of nitrogens with zero attached hydrogens (tertiary/aromatic N) is 3. The first-order valence-corrected chi connectivity index (χ1v) is 5.47. The first-order chi connectivity index (χ1) is 8.11. The summed E-state index contributed by atoms with van der Waals surface area (Å²) in [7, 11) is 1.62. The third kappa shape index (κ3) is 2.34. The van der Waals surface area contributed by atoms with E-state index in [4.69, 9.17) is 22.1 Å². The largest absolute Gasteiger partial charge is 0.496 e. The summed E-state index contributed by atoms with van der Waals surface area (Å²) in [5, 5.41) is 8.42. The first kappa shape index (κ1) is 11.7. The van der Waals surface area contributed by atoms with Crippen LogP contribution < -0.4 is 10.5 Å². The molecule has 0 saturated heterocycles. The standard InChI is InChI=1S/C11H13ClN4O/c1-7-11(13)14-15-16(7)6-8-5-9(12)3-4-10(8)17-2/h3-5H,6,13H2,1-2H3. The average Bonchev–Trinajstić information content (AvgIpc) is 2.61. The highest BCUT2D eigenvalue weighted by Crippen LogP contribution is 2.23. The molecule has 1 aromatic carbocycles. The van der Waals surface area contributed by atoms with Crippen molar-refractivity contribution in [2.24, 2.45) is 0 Å². The lowest BCUT2D eigenvalue weighted by molar-refractivity contribution is 0.407. The van der Waals surface area contributed by atoms with Crippen LogP contribution in [0, 0.1) is 6.92 Å². The minimum atomic E-state index is 0.436. The monoisotopic (exact) mass is 252 g/mol. The number of halogens is 1. The Hall–Kier alpha value is -1.75. The number of nitrogens with two attached hydrogens (primary N) is 1. The lowest BCUT2D eigenvalue weighted by Crippen LogP contribution is -2.06. The minimum absolute atomic E-state index is 0.436. The van der Waals surface area contributed by atoms with E-state index in [9.17, 15) is 0 Å². The van der Waals surface area contributed by atoms with E-state index in [0.717, 1.165) is 17.0 Å². The Morgan fingerprint density at radius 2 is 2.24 bits per heavy atom. The van der Waals surface area contributed by atoms with Crippen LogP contribution in [-0.2, 0) is 6.54 Å². The van der Waals surface area contributed by atoms with Gasteiger partial charge in [0.05, 0.1) is 19.3 Å².